The normalized spacial score (nSPS) is 15.6. The molecule has 0 atom stereocenters. The number of hydrogen-bond donors (Lipinski definition) is 2. The van der Waals surface area contributed by atoms with Gasteiger partial charge in [-0.3, -0.25) is 9.59 Å². The summed E-state index contributed by atoms with van der Waals surface area (Å²) in [6.45, 7) is 4.15. The highest BCUT2D eigenvalue weighted by Gasteiger charge is 2.23. The van der Waals surface area contributed by atoms with Gasteiger partial charge in [-0.2, -0.15) is 0 Å². The Hall–Kier alpha value is -2.10. The maximum atomic E-state index is 11.9. The van der Waals surface area contributed by atoms with E-state index >= 15 is 0 Å². The minimum Gasteiger partial charge on any atom is -0.377 e. The highest BCUT2D eigenvalue weighted by Crippen LogP contribution is 2.33. The van der Waals surface area contributed by atoms with E-state index in [0.29, 0.717) is 17.3 Å². The lowest BCUT2D eigenvalue weighted by Crippen LogP contribution is -2.38. The zero-order valence-corrected chi connectivity index (χ0v) is 15.2. The van der Waals surface area contributed by atoms with Crippen LogP contribution in [0.4, 0.5) is 17.1 Å². The molecule has 4 heteroatoms. The van der Waals surface area contributed by atoms with Crippen molar-refractivity contribution < 1.29 is 0 Å². The topological polar surface area (TPSA) is 58.2 Å². The van der Waals surface area contributed by atoms with Crippen molar-refractivity contribution in [3.63, 3.8) is 0 Å². The second-order valence-electron chi connectivity index (χ2n) is 7.15. The van der Waals surface area contributed by atoms with Gasteiger partial charge in [-0.05, 0) is 49.3 Å². The molecule has 0 saturated heterocycles. The molecule has 0 aromatic heterocycles. The quantitative estimate of drug-likeness (QED) is 0.719. The van der Waals surface area contributed by atoms with Crippen LogP contribution in [0, 0.1) is 0 Å². The molecule has 0 aliphatic heterocycles. The minimum atomic E-state index is -0.426. The lowest BCUT2D eigenvalue weighted by molar-refractivity contribution is 0.443. The first-order valence-corrected chi connectivity index (χ1v) is 9.60. The van der Waals surface area contributed by atoms with Gasteiger partial charge in [0.2, 0.25) is 0 Å². The number of nitrogens with one attached hydrogen (secondary N) is 2. The maximum absolute atomic E-state index is 11.9. The number of rotatable bonds is 7. The van der Waals surface area contributed by atoms with Crippen LogP contribution in [0.25, 0.3) is 0 Å². The fraction of sp³-hybridized carbons (Fsp3) is 0.524. The summed E-state index contributed by atoms with van der Waals surface area (Å²) < 4.78 is 0. The molecule has 1 aliphatic carbocycles. The van der Waals surface area contributed by atoms with Crippen LogP contribution < -0.4 is 21.5 Å². The molecule has 3 rings (SSSR count). The molecule has 2 N–H and O–H groups in total. The van der Waals surface area contributed by atoms with Gasteiger partial charge in [0.15, 0.2) is 0 Å². The van der Waals surface area contributed by atoms with Crippen molar-refractivity contribution in [2.45, 2.75) is 70.8 Å². The fourth-order valence-corrected chi connectivity index (χ4v) is 3.76. The molecule has 1 fully saturated rings. The van der Waals surface area contributed by atoms with Crippen LogP contribution in [-0.4, -0.2) is 6.04 Å². The Morgan fingerprint density at radius 3 is 2.12 bits per heavy atom. The fourth-order valence-electron chi connectivity index (χ4n) is 3.76. The van der Waals surface area contributed by atoms with E-state index in [0.717, 1.165) is 18.5 Å². The molecule has 4 nitrogen and oxygen atoms in total. The molecule has 0 radical (unpaired) electrons. The standard InChI is InChI=1S/C21H28N2O2/c1-3-16(4-2)22-18-19(21(25)20(18)24)23-17-12-10-15(11-13-17)14-8-6-5-7-9-14/h10-14,16,22-23H,3-9H2,1-2H3. The molecule has 1 saturated carbocycles. The summed E-state index contributed by atoms with van der Waals surface area (Å²) in [7, 11) is 0. The van der Waals surface area contributed by atoms with Crippen molar-refractivity contribution in [3.8, 4) is 0 Å². The smallest absolute Gasteiger partial charge is 0.253 e. The number of hydrogen-bond acceptors (Lipinski definition) is 4. The minimum absolute atomic E-state index is 0.220. The third-order valence-corrected chi connectivity index (χ3v) is 5.50. The molecule has 134 valence electrons. The Kier molecular flexibility index (Phi) is 5.57. The molecule has 0 heterocycles. The van der Waals surface area contributed by atoms with Crippen LogP contribution >= 0.6 is 0 Å². The SMILES string of the molecule is CCC(CC)Nc1c(Nc2ccc(C3CCCCC3)cc2)c(=O)c1=O. The first-order valence-electron chi connectivity index (χ1n) is 9.60. The van der Waals surface area contributed by atoms with Crippen molar-refractivity contribution in [2.75, 3.05) is 10.6 Å². The Labute approximate surface area is 149 Å². The summed E-state index contributed by atoms with van der Waals surface area (Å²) in [5, 5.41) is 6.35. The van der Waals surface area contributed by atoms with Gasteiger partial charge in [0, 0.05) is 11.7 Å². The first-order chi connectivity index (χ1) is 12.1. The zero-order valence-electron chi connectivity index (χ0n) is 15.2. The van der Waals surface area contributed by atoms with E-state index in [4.69, 9.17) is 0 Å². The van der Waals surface area contributed by atoms with Crippen LogP contribution in [0.1, 0.15) is 70.3 Å². The van der Waals surface area contributed by atoms with Crippen molar-refractivity contribution in [2.24, 2.45) is 0 Å². The van der Waals surface area contributed by atoms with Gasteiger partial charge in [-0.15, -0.1) is 0 Å². The highest BCUT2D eigenvalue weighted by atomic mass is 16.2. The van der Waals surface area contributed by atoms with Crippen molar-refractivity contribution in [3.05, 3.63) is 50.3 Å². The van der Waals surface area contributed by atoms with Gasteiger partial charge in [0.1, 0.15) is 11.4 Å². The Morgan fingerprint density at radius 2 is 1.52 bits per heavy atom. The average molecular weight is 340 g/mol. The molecule has 0 bridgehead atoms. The van der Waals surface area contributed by atoms with Crippen LogP contribution in [-0.2, 0) is 0 Å². The van der Waals surface area contributed by atoms with Crippen LogP contribution in [0.15, 0.2) is 33.9 Å². The van der Waals surface area contributed by atoms with Gasteiger partial charge >= 0.3 is 0 Å². The Balaban J connectivity index is 1.71. The molecule has 25 heavy (non-hydrogen) atoms. The summed E-state index contributed by atoms with van der Waals surface area (Å²) in [5.74, 6) is 0.668. The van der Waals surface area contributed by atoms with Crippen LogP contribution in [0.3, 0.4) is 0 Å². The molecule has 0 unspecified atom stereocenters. The predicted octanol–water partition coefficient (Wildman–Crippen LogP) is 4.67. The van der Waals surface area contributed by atoms with E-state index in [9.17, 15) is 9.59 Å². The average Bonchev–Trinajstić information content (AvgIpc) is 2.68. The predicted molar refractivity (Wildman–Crippen MR) is 105 cm³/mol. The lowest BCUT2D eigenvalue weighted by Gasteiger charge is -2.23. The lowest BCUT2D eigenvalue weighted by atomic mass is 9.84. The molecule has 2 aromatic carbocycles. The van der Waals surface area contributed by atoms with E-state index in [-0.39, 0.29) is 6.04 Å². The maximum Gasteiger partial charge on any atom is 0.253 e. The monoisotopic (exact) mass is 340 g/mol. The second kappa shape index (κ2) is 7.85. The van der Waals surface area contributed by atoms with Gasteiger partial charge in [0.05, 0.1) is 0 Å². The summed E-state index contributed by atoms with van der Waals surface area (Å²) >= 11 is 0. The van der Waals surface area contributed by atoms with E-state index in [1.807, 2.05) is 12.1 Å². The molecule has 0 amide bonds. The summed E-state index contributed by atoms with van der Waals surface area (Å²) in [6.07, 6.45) is 8.38. The van der Waals surface area contributed by atoms with Crippen molar-refractivity contribution in [1.29, 1.82) is 0 Å². The summed E-state index contributed by atoms with van der Waals surface area (Å²) in [4.78, 5) is 23.8. The first kappa shape index (κ1) is 17.7. The zero-order chi connectivity index (χ0) is 17.8. The van der Waals surface area contributed by atoms with Crippen molar-refractivity contribution >= 4 is 17.1 Å². The van der Waals surface area contributed by atoms with E-state index in [1.165, 1.54) is 37.7 Å². The van der Waals surface area contributed by atoms with Crippen LogP contribution in [0.5, 0.6) is 0 Å². The molecule has 0 spiro atoms. The summed E-state index contributed by atoms with van der Waals surface area (Å²) in [5.41, 5.74) is 2.25. The third kappa shape index (κ3) is 3.78. The molecule has 2 aromatic rings. The number of benzene rings is 1. The van der Waals surface area contributed by atoms with E-state index < -0.39 is 10.9 Å². The Morgan fingerprint density at radius 1 is 0.920 bits per heavy atom. The van der Waals surface area contributed by atoms with Gasteiger partial charge < -0.3 is 10.6 Å². The second-order valence-corrected chi connectivity index (χ2v) is 7.15. The number of anilines is 3. The molecule has 1 aliphatic rings. The van der Waals surface area contributed by atoms with Crippen molar-refractivity contribution in [1.82, 2.24) is 0 Å². The molecular formula is C21H28N2O2. The molecular weight excluding hydrogens is 312 g/mol. The van der Waals surface area contributed by atoms with Gasteiger partial charge in [-0.1, -0.05) is 45.2 Å². The largest absolute Gasteiger partial charge is 0.377 e. The van der Waals surface area contributed by atoms with E-state index in [2.05, 4.69) is 36.6 Å². The highest BCUT2D eigenvalue weighted by molar-refractivity contribution is 5.78. The Bertz CT molecular complexity index is 762. The third-order valence-electron chi connectivity index (χ3n) is 5.50. The van der Waals surface area contributed by atoms with Gasteiger partial charge in [0.25, 0.3) is 10.9 Å². The summed E-state index contributed by atoms with van der Waals surface area (Å²) in [6, 6.07) is 8.55. The van der Waals surface area contributed by atoms with Gasteiger partial charge in [-0.25, -0.2) is 0 Å². The van der Waals surface area contributed by atoms with Crippen LogP contribution in [0.2, 0.25) is 0 Å². The van der Waals surface area contributed by atoms with E-state index in [1.54, 1.807) is 0 Å².